The van der Waals surface area contributed by atoms with E-state index in [9.17, 15) is 4.79 Å². The van der Waals surface area contributed by atoms with Crippen LogP contribution in [0.1, 0.15) is 16.0 Å². The molecule has 0 radical (unpaired) electrons. The highest BCUT2D eigenvalue weighted by Gasteiger charge is 2.07. The maximum absolute atomic E-state index is 11.9. The van der Waals surface area contributed by atoms with Gasteiger partial charge in [-0.2, -0.15) is 0 Å². The predicted octanol–water partition coefficient (Wildman–Crippen LogP) is 2.67. The van der Waals surface area contributed by atoms with Gasteiger partial charge in [0.15, 0.2) is 0 Å². The number of rotatable bonds is 6. The molecule has 3 nitrogen and oxygen atoms in total. The number of hydrogen-bond donors (Lipinski definition) is 1. The molecule has 0 aliphatic heterocycles. The molecule has 0 bridgehead atoms. The van der Waals surface area contributed by atoms with Crippen LogP contribution in [0.4, 0.5) is 0 Å². The molecular formula is C16H20N2OS. The van der Waals surface area contributed by atoms with Crippen molar-refractivity contribution in [1.29, 1.82) is 0 Å². The summed E-state index contributed by atoms with van der Waals surface area (Å²) in [5.74, 6) is 0.0760. The Balaban J connectivity index is 1.91. The van der Waals surface area contributed by atoms with Crippen LogP contribution >= 0.6 is 11.3 Å². The van der Waals surface area contributed by atoms with E-state index in [0.717, 1.165) is 11.4 Å². The molecule has 0 spiro atoms. The summed E-state index contributed by atoms with van der Waals surface area (Å²) < 4.78 is 0. The molecule has 0 aliphatic carbocycles. The molecule has 20 heavy (non-hydrogen) atoms. The number of carbonyl (C=O) groups excluding carboxylic acids is 1. The van der Waals surface area contributed by atoms with Crippen LogP contribution in [0.25, 0.3) is 0 Å². The second-order valence-electron chi connectivity index (χ2n) is 5.04. The zero-order chi connectivity index (χ0) is 14.4. The number of thiophene rings is 1. The molecule has 4 heteroatoms. The Morgan fingerprint density at radius 1 is 1.15 bits per heavy atom. The second kappa shape index (κ2) is 7.22. The summed E-state index contributed by atoms with van der Waals surface area (Å²) in [5, 5.41) is 5.00. The van der Waals surface area contributed by atoms with Crippen molar-refractivity contribution in [2.45, 2.75) is 19.5 Å². The Bertz CT molecular complexity index is 549. The van der Waals surface area contributed by atoms with Gasteiger partial charge in [0.25, 0.3) is 0 Å². The van der Waals surface area contributed by atoms with E-state index in [4.69, 9.17) is 0 Å². The van der Waals surface area contributed by atoms with Crippen molar-refractivity contribution in [2.75, 3.05) is 14.1 Å². The molecule has 1 aromatic heterocycles. The average Bonchev–Trinajstić information content (AvgIpc) is 2.90. The molecule has 2 aromatic rings. The molecule has 106 valence electrons. The fraction of sp³-hybridized carbons (Fsp3) is 0.312. The lowest BCUT2D eigenvalue weighted by Crippen LogP contribution is -2.25. The van der Waals surface area contributed by atoms with Crippen LogP contribution in [0.3, 0.4) is 0 Å². The van der Waals surface area contributed by atoms with E-state index < -0.39 is 0 Å². The predicted molar refractivity (Wildman–Crippen MR) is 83.7 cm³/mol. The zero-order valence-corrected chi connectivity index (χ0v) is 12.7. The van der Waals surface area contributed by atoms with Gasteiger partial charge in [-0.3, -0.25) is 4.79 Å². The summed E-state index contributed by atoms with van der Waals surface area (Å²) in [6, 6.07) is 12.2. The molecule has 2 rings (SSSR count). The van der Waals surface area contributed by atoms with Gasteiger partial charge in [-0.1, -0.05) is 30.3 Å². The van der Waals surface area contributed by atoms with E-state index in [0.29, 0.717) is 13.0 Å². The highest BCUT2D eigenvalue weighted by molar-refractivity contribution is 7.10. The Morgan fingerprint density at radius 2 is 1.90 bits per heavy atom. The van der Waals surface area contributed by atoms with Crippen LogP contribution in [0, 0.1) is 0 Å². The van der Waals surface area contributed by atoms with Crippen LogP contribution in [-0.2, 0) is 24.3 Å². The zero-order valence-electron chi connectivity index (χ0n) is 11.9. The fourth-order valence-corrected chi connectivity index (χ4v) is 2.76. The first-order chi connectivity index (χ1) is 9.65. The number of amides is 1. The Hall–Kier alpha value is -1.65. The normalized spacial score (nSPS) is 10.8. The third-order valence-electron chi connectivity index (χ3n) is 3.00. The van der Waals surface area contributed by atoms with Gasteiger partial charge < -0.3 is 10.2 Å². The summed E-state index contributed by atoms with van der Waals surface area (Å²) in [4.78, 5) is 15.1. The first-order valence-corrected chi connectivity index (χ1v) is 7.53. The van der Waals surface area contributed by atoms with Crippen molar-refractivity contribution < 1.29 is 4.79 Å². The van der Waals surface area contributed by atoms with Gasteiger partial charge in [-0.05, 0) is 36.7 Å². The minimum Gasteiger partial charge on any atom is -0.352 e. The summed E-state index contributed by atoms with van der Waals surface area (Å²) in [6.45, 7) is 1.48. The molecule has 0 fully saturated rings. The van der Waals surface area contributed by atoms with Crippen LogP contribution in [0.15, 0.2) is 41.8 Å². The van der Waals surface area contributed by atoms with E-state index in [1.54, 1.807) is 11.3 Å². The van der Waals surface area contributed by atoms with Crippen molar-refractivity contribution in [3.05, 3.63) is 57.8 Å². The van der Waals surface area contributed by atoms with Crippen molar-refractivity contribution in [2.24, 2.45) is 0 Å². The summed E-state index contributed by atoms with van der Waals surface area (Å²) >= 11 is 1.62. The molecule has 1 heterocycles. The molecule has 0 atom stereocenters. The van der Waals surface area contributed by atoms with Crippen LogP contribution in [0.5, 0.6) is 0 Å². The van der Waals surface area contributed by atoms with Gasteiger partial charge in [0.1, 0.15) is 0 Å². The van der Waals surface area contributed by atoms with Crippen molar-refractivity contribution in [3.8, 4) is 0 Å². The third-order valence-corrected chi connectivity index (χ3v) is 3.87. The quantitative estimate of drug-likeness (QED) is 0.886. The minimum absolute atomic E-state index is 0.0760. The molecule has 1 aromatic carbocycles. The number of nitrogens with zero attached hydrogens (tertiary/aromatic N) is 1. The molecule has 0 saturated carbocycles. The van der Waals surface area contributed by atoms with Gasteiger partial charge in [-0.15, -0.1) is 11.3 Å². The van der Waals surface area contributed by atoms with Gasteiger partial charge in [-0.25, -0.2) is 0 Å². The lowest BCUT2D eigenvalue weighted by atomic mass is 10.1. The molecule has 0 aliphatic rings. The Kier molecular flexibility index (Phi) is 5.32. The monoisotopic (exact) mass is 288 g/mol. The lowest BCUT2D eigenvalue weighted by molar-refractivity contribution is -0.120. The van der Waals surface area contributed by atoms with E-state index in [-0.39, 0.29) is 5.91 Å². The summed E-state index contributed by atoms with van der Waals surface area (Å²) in [5.41, 5.74) is 2.44. The van der Waals surface area contributed by atoms with Crippen molar-refractivity contribution in [1.82, 2.24) is 10.2 Å². The highest BCUT2D eigenvalue weighted by atomic mass is 32.1. The lowest BCUT2D eigenvalue weighted by Gasteiger charge is -2.14. The van der Waals surface area contributed by atoms with E-state index in [1.807, 2.05) is 43.7 Å². The average molecular weight is 288 g/mol. The summed E-state index contributed by atoms with van der Waals surface area (Å²) in [7, 11) is 4.10. The first-order valence-electron chi connectivity index (χ1n) is 6.66. The van der Waals surface area contributed by atoms with Gasteiger partial charge in [0.05, 0.1) is 6.42 Å². The smallest absolute Gasteiger partial charge is 0.225 e. The molecular weight excluding hydrogens is 268 g/mol. The largest absolute Gasteiger partial charge is 0.352 e. The minimum atomic E-state index is 0.0760. The van der Waals surface area contributed by atoms with E-state index >= 15 is 0 Å². The van der Waals surface area contributed by atoms with Crippen LogP contribution in [0.2, 0.25) is 0 Å². The molecule has 0 unspecified atom stereocenters. The maximum atomic E-state index is 11.9. The molecule has 0 saturated heterocycles. The van der Waals surface area contributed by atoms with E-state index in [1.165, 1.54) is 11.1 Å². The van der Waals surface area contributed by atoms with Gasteiger partial charge in [0, 0.05) is 18.0 Å². The standard InChI is InChI=1S/C16H20N2OS/c1-18(2)12-14-7-4-3-6-13(14)11-17-16(19)10-15-8-5-9-20-15/h3-9H,10-12H2,1-2H3,(H,17,19). The van der Waals surface area contributed by atoms with Crippen molar-refractivity contribution >= 4 is 17.2 Å². The van der Waals surface area contributed by atoms with Crippen molar-refractivity contribution in [3.63, 3.8) is 0 Å². The Labute approximate surface area is 124 Å². The maximum Gasteiger partial charge on any atom is 0.225 e. The topological polar surface area (TPSA) is 32.3 Å². The second-order valence-corrected chi connectivity index (χ2v) is 6.07. The number of nitrogens with one attached hydrogen (secondary N) is 1. The SMILES string of the molecule is CN(C)Cc1ccccc1CNC(=O)Cc1cccs1. The van der Waals surface area contributed by atoms with Crippen LogP contribution in [-0.4, -0.2) is 24.9 Å². The number of carbonyl (C=O) groups is 1. The molecule has 1 N–H and O–H groups in total. The fourth-order valence-electron chi connectivity index (χ4n) is 2.05. The van der Waals surface area contributed by atoms with Gasteiger partial charge in [0.2, 0.25) is 5.91 Å². The third kappa shape index (κ3) is 4.47. The Morgan fingerprint density at radius 3 is 2.55 bits per heavy atom. The number of hydrogen-bond acceptors (Lipinski definition) is 3. The first kappa shape index (κ1) is 14.8. The van der Waals surface area contributed by atoms with Gasteiger partial charge >= 0.3 is 0 Å². The number of benzene rings is 1. The van der Waals surface area contributed by atoms with Crippen LogP contribution < -0.4 is 5.32 Å². The highest BCUT2D eigenvalue weighted by Crippen LogP contribution is 2.11. The molecule has 1 amide bonds. The summed E-state index contributed by atoms with van der Waals surface area (Å²) in [6.07, 6.45) is 0.466. The van der Waals surface area contributed by atoms with E-state index in [2.05, 4.69) is 22.3 Å².